The van der Waals surface area contributed by atoms with Crippen molar-refractivity contribution < 1.29 is 19.4 Å². The highest BCUT2D eigenvalue weighted by Gasteiger charge is 2.32. The van der Waals surface area contributed by atoms with Crippen molar-refractivity contribution in [2.24, 2.45) is 0 Å². The number of carbonyl (C=O) groups is 1. The first-order valence-electron chi connectivity index (χ1n) is 10.7. The van der Waals surface area contributed by atoms with E-state index in [1.165, 1.54) is 0 Å². The van der Waals surface area contributed by atoms with Gasteiger partial charge in [0.15, 0.2) is 11.5 Å². The van der Waals surface area contributed by atoms with Crippen LogP contribution in [0.5, 0.6) is 11.5 Å². The topological polar surface area (TPSA) is 79.8 Å². The minimum atomic E-state index is -0.640. The molecule has 3 aromatic rings. The smallest absolute Gasteiger partial charge is 0.315 e. The molecule has 4 rings (SSSR count). The van der Waals surface area contributed by atoms with Crippen molar-refractivity contribution in [3.05, 3.63) is 95.1 Å². The first-order valence-corrected chi connectivity index (χ1v) is 10.7. The normalized spacial score (nSPS) is 17.8. The van der Waals surface area contributed by atoms with E-state index in [1.54, 1.807) is 14.2 Å². The van der Waals surface area contributed by atoms with E-state index in [-0.39, 0.29) is 12.1 Å². The molecule has 3 aromatic carbocycles. The molecule has 2 amide bonds. The average Bonchev–Trinajstić information content (AvgIpc) is 3.14. The van der Waals surface area contributed by atoms with Crippen LogP contribution in [0.15, 0.2) is 72.8 Å². The Kier molecular flexibility index (Phi) is 6.61. The Morgan fingerprint density at radius 2 is 1.72 bits per heavy atom. The molecule has 0 saturated heterocycles. The van der Waals surface area contributed by atoms with Crippen molar-refractivity contribution in [1.29, 1.82) is 0 Å². The number of aliphatic hydroxyl groups excluding tert-OH is 1. The summed E-state index contributed by atoms with van der Waals surface area (Å²) < 4.78 is 10.8. The average molecular weight is 433 g/mol. The van der Waals surface area contributed by atoms with Gasteiger partial charge in [0.2, 0.25) is 0 Å². The Morgan fingerprint density at radius 1 is 1.00 bits per heavy atom. The molecular weight excluding hydrogens is 404 g/mol. The van der Waals surface area contributed by atoms with Crippen molar-refractivity contribution in [3.63, 3.8) is 0 Å². The molecule has 1 aliphatic carbocycles. The van der Waals surface area contributed by atoms with Crippen molar-refractivity contribution in [3.8, 4) is 11.5 Å². The van der Waals surface area contributed by atoms with Crippen molar-refractivity contribution >= 4 is 6.03 Å². The summed E-state index contributed by atoms with van der Waals surface area (Å²) in [6.07, 6.45) is 0.468. The van der Waals surface area contributed by atoms with Crippen LogP contribution in [0.2, 0.25) is 0 Å². The third kappa shape index (κ3) is 4.70. The fourth-order valence-electron chi connectivity index (χ4n) is 4.27. The Hall–Kier alpha value is -3.51. The van der Waals surface area contributed by atoms with E-state index >= 15 is 0 Å². The number of ether oxygens (including phenoxy) is 2. The van der Waals surface area contributed by atoms with Gasteiger partial charge in [-0.2, -0.15) is 0 Å². The number of nitrogens with one attached hydrogen (secondary N) is 2. The number of amides is 2. The van der Waals surface area contributed by atoms with Gasteiger partial charge >= 0.3 is 6.03 Å². The van der Waals surface area contributed by atoms with E-state index in [1.807, 2.05) is 72.8 Å². The lowest BCUT2D eigenvalue weighted by Crippen LogP contribution is -2.42. The highest BCUT2D eigenvalue weighted by Crippen LogP contribution is 2.32. The minimum Gasteiger partial charge on any atom is -0.493 e. The number of hydrogen-bond donors (Lipinski definition) is 3. The van der Waals surface area contributed by atoms with E-state index in [0.29, 0.717) is 24.3 Å². The zero-order valence-corrected chi connectivity index (χ0v) is 18.2. The van der Waals surface area contributed by atoms with Gasteiger partial charge in [0.1, 0.15) is 0 Å². The van der Waals surface area contributed by atoms with E-state index < -0.39 is 12.1 Å². The molecule has 1 aliphatic rings. The van der Waals surface area contributed by atoms with E-state index in [9.17, 15) is 9.90 Å². The zero-order chi connectivity index (χ0) is 22.5. The largest absolute Gasteiger partial charge is 0.493 e. The molecule has 6 heteroatoms. The number of benzene rings is 3. The standard InChI is InChI=1S/C26H28N2O4/c1-31-23-13-12-17(15-24(23)32-2)14-21(18-8-4-3-5-9-18)27-26(30)28-25-20-11-7-6-10-19(20)16-22(25)29/h3-13,15,21-22,25,29H,14,16H2,1-2H3,(H2,27,28,30)/t21?,22-,25+/m1/s1. The molecule has 0 saturated carbocycles. The lowest BCUT2D eigenvalue weighted by molar-refractivity contribution is 0.142. The molecule has 0 bridgehead atoms. The van der Waals surface area contributed by atoms with Gasteiger partial charge in [0.25, 0.3) is 0 Å². The Balaban J connectivity index is 1.52. The van der Waals surface area contributed by atoms with Crippen LogP contribution in [0.4, 0.5) is 4.79 Å². The molecule has 32 heavy (non-hydrogen) atoms. The summed E-state index contributed by atoms with van der Waals surface area (Å²) >= 11 is 0. The van der Waals surface area contributed by atoms with Gasteiger partial charge in [-0.25, -0.2) is 4.79 Å². The molecule has 166 valence electrons. The minimum absolute atomic E-state index is 0.261. The van der Waals surface area contributed by atoms with Crippen molar-refractivity contribution in [1.82, 2.24) is 10.6 Å². The summed E-state index contributed by atoms with van der Waals surface area (Å²) in [5.41, 5.74) is 4.02. The van der Waals surface area contributed by atoms with Gasteiger partial charge < -0.3 is 25.2 Å². The quantitative estimate of drug-likeness (QED) is 0.528. The first-order chi connectivity index (χ1) is 15.6. The van der Waals surface area contributed by atoms with Crippen LogP contribution in [0.3, 0.4) is 0 Å². The molecule has 0 aromatic heterocycles. The number of carbonyl (C=O) groups excluding carboxylic acids is 1. The van der Waals surface area contributed by atoms with E-state index in [4.69, 9.17) is 9.47 Å². The predicted molar refractivity (Wildman–Crippen MR) is 123 cm³/mol. The third-order valence-corrected chi connectivity index (χ3v) is 5.89. The summed E-state index contributed by atoms with van der Waals surface area (Å²) in [6, 6.07) is 22.4. The van der Waals surface area contributed by atoms with Gasteiger partial charge in [0.05, 0.1) is 32.4 Å². The fourth-order valence-corrected chi connectivity index (χ4v) is 4.27. The lowest BCUT2D eigenvalue weighted by Gasteiger charge is -2.23. The second-order valence-electron chi connectivity index (χ2n) is 7.92. The maximum atomic E-state index is 13.0. The Labute approximate surface area is 188 Å². The number of rotatable bonds is 7. The maximum Gasteiger partial charge on any atom is 0.315 e. The van der Waals surface area contributed by atoms with Crippen LogP contribution in [0.25, 0.3) is 0 Å². The second kappa shape index (κ2) is 9.75. The highest BCUT2D eigenvalue weighted by atomic mass is 16.5. The molecule has 0 radical (unpaired) electrons. The van der Waals surface area contributed by atoms with E-state index in [0.717, 1.165) is 22.3 Å². The van der Waals surface area contributed by atoms with Gasteiger partial charge in [-0.15, -0.1) is 0 Å². The lowest BCUT2D eigenvalue weighted by atomic mass is 9.98. The van der Waals surface area contributed by atoms with Crippen LogP contribution in [0.1, 0.15) is 34.3 Å². The van der Waals surface area contributed by atoms with Gasteiger partial charge in [-0.1, -0.05) is 60.7 Å². The Bertz CT molecular complexity index is 1070. The maximum absolute atomic E-state index is 13.0. The summed E-state index contributed by atoms with van der Waals surface area (Å²) in [4.78, 5) is 13.0. The van der Waals surface area contributed by atoms with Crippen molar-refractivity contribution in [2.75, 3.05) is 14.2 Å². The number of hydrogen-bond acceptors (Lipinski definition) is 4. The molecule has 3 atom stereocenters. The highest BCUT2D eigenvalue weighted by molar-refractivity contribution is 5.75. The molecule has 6 nitrogen and oxygen atoms in total. The second-order valence-corrected chi connectivity index (χ2v) is 7.92. The summed E-state index contributed by atoms with van der Waals surface area (Å²) in [5, 5.41) is 16.5. The predicted octanol–water partition coefficient (Wildman–Crippen LogP) is 3.95. The van der Waals surface area contributed by atoms with E-state index in [2.05, 4.69) is 10.6 Å². The van der Waals surface area contributed by atoms with Crippen LogP contribution in [-0.2, 0) is 12.8 Å². The van der Waals surface area contributed by atoms with Gasteiger partial charge in [-0.3, -0.25) is 0 Å². The SMILES string of the molecule is COc1ccc(CC(NC(=O)N[C@H]2c3ccccc3C[C@H]2O)c2ccccc2)cc1OC. The van der Waals surface area contributed by atoms with Crippen molar-refractivity contribution in [2.45, 2.75) is 31.0 Å². The molecule has 0 heterocycles. The van der Waals surface area contributed by atoms with Gasteiger partial charge in [-0.05, 0) is 40.8 Å². The summed E-state index contributed by atoms with van der Waals surface area (Å²) in [6.45, 7) is 0. The van der Waals surface area contributed by atoms with Crippen LogP contribution >= 0.6 is 0 Å². The first kappa shape index (κ1) is 21.7. The summed E-state index contributed by atoms with van der Waals surface area (Å²) in [5.74, 6) is 1.30. The fraction of sp³-hybridized carbons (Fsp3) is 0.269. The molecule has 0 spiro atoms. The monoisotopic (exact) mass is 432 g/mol. The number of fused-ring (bicyclic) bond motifs is 1. The number of methoxy groups -OCH3 is 2. The Morgan fingerprint density at radius 3 is 2.47 bits per heavy atom. The summed E-state index contributed by atoms with van der Waals surface area (Å²) in [7, 11) is 3.21. The van der Waals surface area contributed by atoms with Crippen LogP contribution in [0, 0.1) is 0 Å². The molecule has 0 aliphatic heterocycles. The molecule has 1 unspecified atom stereocenters. The van der Waals surface area contributed by atoms with Crippen LogP contribution < -0.4 is 20.1 Å². The third-order valence-electron chi connectivity index (χ3n) is 5.89. The number of urea groups is 1. The molecule has 0 fully saturated rings. The van der Waals surface area contributed by atoms with Crippen LogP contribution in [-0.4, -0.2) is 31.5 Å². The number of aliphatic hydroxyl groups is 1. The zero-order valence-electron chi connectivity index (χ0n) is 18.2. The van der Waals surface area contributed by atoms with Gasteiger partial charge in [0, 0.05) is 6.42 Å². The molecule has 3 N–H and O–H groups in total. The molecular formula is C26H28N2O4.